The Morgan fingerprint density at radius 3 is 2.74 bits per heavy atom. The van der Waals surface area contributed by atoms with E-state index in [9.17, 15) is 0 Å². The second-order valence-corrected chi connectivity index (χ2v) is 4.19. The highest BCUT2D eigenvalue weighted by atomic mass is 16.5. The maximum atomic E-state index is 4.81. The van der Waals surface area contributed by atoms with Gasteiger partial charge in [-0.1, -0.05) is 18.2 Å². The van der Waals surface area contributed by atoms with Crippen molar-refractivity contribution < 1.29 is 4.52 Å². The minimum Gasteiger partial charge on any atom is -0.345 e. The lowest BCUT2D eigenvalue weighted by Gasteiger charge is -2.05. The van der Waals surface area contributed by atoms with Crippen molar-refractivity contribution >= 4 is 21.8 Å². The first-order valence-electron chi connectivity index (χ1n) is 5.83. The maximum Gasteiger partial charge on any atom is 0.152 e. The van der Waals surface area contributed by atoms with E-state index < -0.39 is 0 Å². The number of fused-ring (bicyclic) bond motifs is 3. The molecule has 0 fully saturated rings. The van der Waals surface area contributed by atoms with Gasteiger partial charge in [0, 0.05) is 34.0 Å². The molecule has 0 bridgehead atoms. The minimum atomic E-state index is 0.697. The molecular weight excluding hydrogens is 240 g/mol. The van der Waals surface area contributed by atoms with Crippen molar-refractivity contribution in [2.75, 3.05) is 0 Å². The molecule has 4 aromatic rings. The smallest absolute Gasteiger partial charge is 0.152 e. The van der Waals surface area contributed by atoms with Crippen molar-refractivity contribution in [3.63, 3.8) is 0 Å². The molecule has 0 N–H and O–H groups in total. The van der Waals surface area contributed by atoms with Crippen LogP contribution in [0.15, 0.2) is 53.5 Å². The molecule has 19 heavy (non-hydrogen) atoms. The van der Waals surface area contributed by atoms with Gasteiger partial charge in [0.25, 0.3) is 0 Å². The van der Waals surface area contributed by atoms with E-state index >= 15 is 0 Å². The van der Waals surface area contributed by atoms with E-state index in [0.29, 0.717) is 5.69 Å². The summed E-state index contributed by atoms with van der Waals surface area (Å²) in [6.07, 6.45) is 5.05. The van der Waals surface area contributed by atoms with Crippen molar-refractivity contribution in [3.8, 4) is 11.3 Å². The molecule has 5 nitrogen and oxygen atoms in total. The van der Waals surface area contributed by atoms with Gasteiger partial charge in [-0.15, -0.1) is 5.10 Å². The lowest BCUT2D eigenvalue weighted by atomic mass is 10.0. The number of hydrogen-bond donors (Lipinski definition) is 0. The standard InChI is InChI=1S/C14H8N4O/c1-2-9-3-4-11-10(12-8-19-18-17-12)5-7-16-14(11)13(9)15-6-1/h1-8H. The van der Waals surface area contributed by atoms with Crippen LogP contribution in [0, 0.1) is 0 Å². The molecule has 4 rings (SSSR count). The van der Waals surface area contributed by atoms with E-state index in [2.05, 4.69) is 20.3 Å². The number of benzene rings is 1. The van der Waals surface area contributed by atoms with E-state index in [1.54, 1.807) is 12.4 Å². The van der Waals surface area contributed by atoms with Gasteiger partial charge < -0.3 is 4.52 Å². The summed E-state index contributed by atoms with van der Waals surface area (Å²) in [5.74, 6) is 0. The Morgan fingerprint density at radius 1 is 0.895 bits per heavy atom. The fraction of sp³-hybridized carbons (Fsp3) is 0. The molecule has 3 aromatic heterocycles. The second kappa shape index (κ2) is 3.84. The van der Waals surface area contributed by atoms with Gasteiger partial charge in [-0.2, -0.15) is 0 Å². The SMILES string of the molecule is c1cnc2c(c1)ccc1c(-c3conn3)ccnc12. The van der Waals surface area contributed by atoms with Gasteiger partial charge in [0.05, 0.1) is 11.0 Å². The Labute approximate surface area is 107 Å². The highest BCUT2D eigenvalue weighted by Crippen LogP contribution is 2.29. The zero-order valence-electron chi connectivity index (χ0n) is 9.82. The number of hydrogen-bond acceptors (Lipinski definition) is 5. The number of nitrogens with zero attached hydrogens (tertiary/aromatic N) is 4. The third-order valence-electron chi connectivity index (χ3n) is 3.12. The largest absolute Gasteiger partial charge is 0.345 e. The Hall–Kier alpha value is -2.82. The molecule has 0 radical (unpaired) electrons. The van der Waals surface area contributed by atoms with Crippen molar-refractivity contribution in [3.05, 3.63) is 49.0 Å². The third-order valence-corrected chi connectivity index (χ3v) is 3.12. The summed E-state index contributed by atoms with van der Waals surface area (Å²) in [5.41, 5.74) is 3.39. The van der Waals surface area contributed by atoms with Crippen molar-refractivity contribution in [2.45, 2.75) is 0 Å². The number of rotatable bonds is 1. The molecule has 0 unspecified atom stereocenters. The van der Waals surface area contributed by atoms with Crippen molar-refractivity contribution in [1.29, 1.82) is 0 Å². The first kappa shape index (κ1) is 10.1. The fourth-order valence-electron chi connectivity index (χ4n) is 2.26. The van der Waals surface area contributed by atoms with Crippen molar-refractivity contribution in [1.82, 2.24) is 20.3 Å². The first-order chi connectivity index (χ1) is 9.43. The van der Waals surface area contributed by atoms with Crippen LogP contribution >= 0.6 is 0 Å². The Bertz CT molecular complexity index is 871. The Morgan fingerprint density at radius 2 is 1.84 bits per heavy atom. The molecular formula is C14H8N4O. The molecule has 0 spiro atoms. The molecule has 3 heterocycles. The normalized spacial score (nSPS) is 11.2. The van der Waals surface area contributed by atoms with Crippen LogP contribution in [0.1, 0.15) is 0 Å². The lowest BCUT2D eigenvalue weighted by Crippen LogP contribution is -1.88. The van der Waals surface area contributed by atoms with Gasteiger partial charge in [-0.3, -0.25) is 9.97 Å². The van der Waals surface area contributed by atoms with Crippen LogP contribution in [0.2, 0.25) is 0 Å². The van der Waals surface area contributed by atoms with Gasteiger partial charge in [0.2, 0.25) is 0 Å². The molecule has 0 aliphatic heterocycles. The maximum absolute atomic E-state index is 4.81. The topological polar surface area (TPSA) is 64.7 Å². The monoisotopic (exact) mass is 248 g/mol. The summed E-state index contributed by atoms with van der Waals surface area (Å²) >= 11 is 0. The lowest BCUT2D eigenvalue weighted by molar-refractivity contribution is 0.393. The van der Waals surface area contributed by atoms with Crippen LogP contribution in [-0.4, -0.2) is 20.3 Å². The van der Waals surface area contributed by atoms with Gasteiger partial charge in [0.15, 0.2) is 6.26 Å². The molecule has 0 amide bonds. The zero-order valence-corrected chi connectivity index (χ0v) is 9.82. The van der Waals surface area contributed by atoms with Gasteiger partial charge in [-0.25, -0.2) is 0 Å². The summed E-state index contributed by atoms with van der Waals surface area (Å²) < 4.78 is 4.81. The quantitative estimate of drug-likeness (QED) is 0.484. The molecule has 5 heteroatoms. The molecule has 0 saturated heterocycles. The van der Waals surface area contributed by atoms with Gasteiger partial charge >= 0.3 is 0 Å². The number of pyridine rings is 2. The molecule has 0 aliphatic rings. The second-order valence-electron chi connectivity index (χ2n) is 4.19. The summed E-state index contributed by atoms with van der Waals surface area (Å²) in [4.78, 5) is 8.85. The Balaban J connectivity index is 2.15. The first-order valence-corrected chi connectivity index (χ1v) is 5.83. The van der Waals surface area contributed by atoms with E-state index in [4.69, 9.17) is 4.52 Å². The van der Waals surface area contributed by atoms with Gasteiger partial charge in [-0.05, 0) is 12.1 Å². The fourth-order valence-corrected chi connectivity index (χ4v) is 2.26. The molecule has 1 aromatic carbocycles. The van der Waals surface area contributed by atoms with Crippen LogP contribution in [0.3, 0.4) is 0 Å². The third kappa shape index (κ3) is 1.48. The van der Waals surface area contributed by atoms with Crippen LogP contribution in [0.25, 0.3) is 33.1 Å². The van der Waals surface area contributed by atoms with E-state index in [1.807, 2.05) is 30.3 Å². The summed E-state index contributed by atoms with van der Waals surface area (Å²) in [5, 5.41) is 9.52. The molecule has 90 valence electrons. The average Bonchev–Trinajstić information content (AvgIpc) is 3.00. The average molecular weight is 248 g/mol. The summed E-state index contributed by atoms with van der Waals surface area (Å²) in [6.45, 7) is 0. The number of aromatic nitrogens is 4. The van der Waals surface area contributed by atoms with Gasteiger partial charge in [0.1, 0.15) is 5.69 Å². The van der Waals surface area contributed by atoms with E-state index in [-0.39, 0.29) is 0 Å². The summed E-state index contributed by atoms with van der Waals surface area (Å²) in [6, 6.07) is 9.89. The van der Waals surface area contributed by atoms with E-state index in [0.717, 1.165) is 27.4 Å². The highest BCUT2D eigenvalue weighted by Gasteiger charge is 2.10. The molecule has 0 saturated carbocycles. The van der Waals surface area contributed by atoms with Crippen LogP contribution in [0.5, 0.6) is 0 Å². The predicted octanol–water partition coefficient (Wildman–Crippen LogP) is 2.83. The van der Waals surface area contributed by atoms with Crippen LogP contribution < -0.4 is 0 Å². The van der Waals surface area contributed by atoms with Crippen molar-refractivity contribution in [2.24, 2.45) is 0 Å². The molecule has 0 aliphatic carbocycles. The Kier molecular flexibility index (Phi) is 2.05. The molecule has 0 atom stereocenters. The zero-order chi connectivity index (χ0) is 12.7. The van der Waals surface area contributed by atoms with E-state index in [1.165, 1.54) is 6.26 Å². The summed E-state index contributed by atoms with van der Waals surface area (Å²) in [7, 11) is 0. The minimum absolute atomic E-state index is 0.697. The highest BCUT2D eigenvalue weighted by molar-refractivity contribution is 6.07. The van der Waals surface area contributed by atoms with Crippen LogP contribution in [-0.2, 0) is 0 Å². The predicted molar refractivity (Wildman–Crippen MR) is 70.3 cm³/mol. The van der Waals surface area contributed by atoms with Crippen LogP contribution in [0.4, 0.5) is 0 Å².